The van der Waals surface area contributed by atoms with Crippen molar-refractivity contribution in [1.82, 2.24) is 9.97 Å². The first-order valence-electron chi connectivity index (χ1n) is 5.48. The van der Waals surface area contributed by atoms with Crippen molar-refractivity contribution in [2.24, 2.45) is 0 Å². The molecule has 16 heavy (non-hydrogen) atoms. The van der Waals surface area contributed by atoms with E-state index in [4.69, 9.17) is 9.47 Å². The lowest BCUT2D eigenvalue weighted by atomic mass is 10.1. The van der Waals surface area contributed by atoms with Crippen LogP contribution in [0.4, 0.5) is 0 Å². The molecule has 0 bridgehead atoms. The van der Waals surface area contributed by atoms with E-state index >= 15 is 0 Å². The lowest BCUT2D eigenvalue weighted by molar-refractivity contribution is 0.193. The Hall–Kier alpha value is -1.55. The molecule has 0 aliphatic carbocycles. The molecule has 1 aromatic heterocycles. The molecule has 0 amide bonds. The number of ether oxygens (including phenoxy) is 2. The van der Waals surface area contributed by atoms with E-state index in [0.717, 1.165) is 42.2 Å². The van der Waals surface area contributed by atoms with Crippen LogP contribution in [0.2, 0.25) is 0 Å². The molecule has 3 rings (SSSR count). The second-order valence-corrected chi connectivity index (χ2v) is 4.07. The van der Waals surface area contributed by atoms with Crippen LogP contribution in [0.15, 0.2) is 18.2 Å². The van der Waals surface area contributed by atoms with Crippen LogP contribution in [0.1, 0.15) is 18.2 Å². The molecule has 1 aromatic carbocycles. The minimum Gasteiger partial charge on any atom is -0.497 e. The van der Waals surface area contributed by atoms with Gasteiger partial charge in [-0.3, -0.25) is 0 Å². The van der Waals surface area contributed by atoms with Gasteiger partial charge in [0.15, 0.2) is 0 Å². The lowest BCUT2D eigenvalue weighted by Gasteiger charge is -2.00. The summed E-state index contributed by atoms with van der Waals surface area (Å²) in [6.45, 7) is 1.61. The minimum atomic E-state index is 0.415. The van der Waals surface area contributed by atoms with Gasteiger partial charge in [0, 0.05) is 18.6 Å². The molecule has 84 valence electrons. The summed E-state index contributed by atoms with van der Waals surface area (Å²) in [4.78, 5) is 7.92. The van der Waals surface area contributed by atoms with Crippen molar-refractivity contribution in [3.8, 4) is 5.75 Å². The molecule has 1 aliphatic rings. The standard InChI is InChI=1S/C12H14N2O2/c1-15-9-2-3-10-11(6-9)14-12(13-10)8-4-5-16-7-8/h2-3,6,8H,4-5,7H2,1H3,(H,13,14). The number of benzene rings is 1. The first-order chi connectivity index (χ1) is 7.86. The van der Waals surface area contributed by atoms with Gasteiger partial charge in [0.2, 0.25) is 0 Å². The van der Waals surface area contributed by atoms with Crippen LogP contribution in [0.3, 0.4) is 0 Å². The fourth-order valence-corrected chi connectivity index (χ4v) is 2.08. The first kappa shape index (κ1) is 9.66. The molecule has 1 aliphatic heterocycles. The molecule has 1 N–H and O–H groups in total. The highest BCUT2D eigenvalue weighted by Crippen LogP contribution is 2.26. The molecule has 1 atom stereocenters. The smallest absolute Gasteiger partial charge is 0.121 e. The topological polar surface area (TPSA) is 47.1 Å². The van der Waals surface area contributed by atoms with E-state index in [1.165, 1.54) is 0 Å². The number of nitrogens with zero attached hydrogens (tertiary/aromatic N) is 1. The van der Waals surface area contributed by atoms with E-state index in [0.29, 0.717) is 5.92 Å². The van der Waals surface area contributed by atoms with Gasteiger partial charge in [0.25, 0.3) is 0 Å². The van der Waals surface area contributed by atoms with Crippen LogP contribution in [0.25, 0.3) is 11.0 Å². The Kier molecular flexibility index (Phi) is 2.29. The third-order valence-electron chi connectivity index (χ3n) is 3.02. The maximum Gasteiger partial charge on any atom is 0.121 e. The monoisotopic (exact) mass is 218 g/mol. The van der Waals surface area contributed by atoms with Gasteiger partial charge in [0.05, 0.1) is 24.8 Å². The zero-order valence-electron chi connectivity index (χ0n) is 9.19. The number of aromatic amines is 1. The molecule has 1 unspecified atom stereocenters. The van der Waals surface area contributed by atoms with Gasteiger partial charge in [-0.05, 0) is 18.6 Å². The molecule has 2 heterocycles. The van der Waals surface area contributed by atoms with E-state index < -0.39 is 0 Å². The lowest BCUT2D eigenvalue weighted by Crippen LogP contribution is -1.99. The first-order valence-corrected chi connectivity index (χ1v) is 5.48. The number of hydrogen-bond acceptors (Lipinski definition) is 3. The summed E-state index contributed by atoms with van der Waals surface area (Å²) in [6.07, 6.45) is 1.05. The van der Waals surface area contributed by atoms with Gasteiger partial charge in [-0.1, -0.05) is 0 Å². The molecule has 4 heteroatoms. The summed E-state index contributed by atoms with van der Waals surface area (Å²) in [5.41, 5.74) is 2.02. The maximum atomic E-state index is 5.37. The molecule has 0 spiro atoms. The highest BCUT2D eigenvalue weighted by atomic mass is 16.5. The summed E-state index contributed by atoms with van der Waals surface area (Å²) >= 11 is 0. The summed E-state index contributed by atoms with van der Waals surface area (Å²) in [7, 11) is 1.67. The van der Waals surface area contributed by atoms with E-state index in [-0.39, 0.29) is 0 Å². The number of hydrogen-bond donors (Lipinski definition) is 1. The Balaban J connectivity index is 2.01. The third kappa shape index (κ3) is 1.55. The molecule has 2 aromatic rings. The fourth-order valence-electron chi connectivity index (χ4n) is 2.08. The summed E-state index contributed by atoms with van der Waals surface area (Å²) < 4.78 is 10.6. The molecular formula is C12H14N2O2. The van der Waals surface area contributed by atoms with Crippen LogP contribution in [-0.2, 0) is 4.74 Å². The Morgan fingerprint density at radius 2 is 2.44 bits per heavy atom. The second kappa shape index (κ2) is 3.79. The van der Waals surface area contributed by atoms with Crippen molar-refractivity contribution >= 4 is 11.0 Å². The van der Waals surface area contributed by atoms with E-state index in [2.05, 4.69) is 9.97 Å². The predicted octanol–water partition coefficient (Wildman–Crippen LogP) is 2.08. The molecule has 0 saturated carbocycles. The van der Waals surface area contributed by atoms with Crippen molar-refractivity contribution in [3.63, 3.8) is 0 Å². The Morgan fingerprint density at radius 3 is 3.19 bits per heavy atom. The molecule has 0 radical (unpaired) electrons. The normalized spacial score (nSPS) is 20.4. The van der Waals surface area contributed by atoms with Crippen LogP contribution in [-0.4, -0.2) is 30.3 Å². The van der Waals surface area contributed by atoms with Gasteiger partial charge in [-0.25, -0.2) is 4.98 Å². The number of imidazole rings is 1. The summed E-state index contributed by atoms with van der Waals surface area (Å²) in [6, 6.07) is 5.88. The Morgan fingerprint density at radius 1 is 1.50 bits per heavy atom. The number of aromatic nitrogens is 2. The number of rotatable bonds is 2. The second-order valence-electron chi connectivity index (χ2n) is 4.07. The van der Waals surface area contributed by atoms with Crippen LogP contribution >= 0.6 is 0 Å². The molecule has 1 saturated heterocycles. The van der Waals surface area contributed by atoms with Crippen LogP contribution < -0.4 is 4.74 Å². The summed E-state index contributed by atoms with van der Waals surface area (Å²) in [5, 5.41) is 0. The number of H-pyrrole nitrogens is 1. The average molecular weight is 218 g/mol. The summed E-state index contributed by atoms with van der Waals surface area (Å²) in [5.74, 6) is 2.30. The number of fused-ring (bicyclic) bond motifs is 1. The SMILES string of the molecule is COc1ccc2nc(C3CCOC3)[nH]c2c1. The van der Waals surface area contributed by atoms with Gasteiger partial charge >= 0.3 is 0 Å². The van der Waals surface area contributed by atoms with E-state index in [1.54, 1.807) is 7.11 Å². The maximum absolute atomic E-state index is 5.37. The van der Waals surface area contributed by atoms with E-state index in [1.807, 2.05) is 18.2 Å². The highest BCUT2D eigenvalue weighted by molar-refractivity contribution is 5.76. The zero-order chi connectivity index (χ0) is 11.0. The van der Waals surface area contributed by atoms with Crippen molar-refractivity contribution < 1.29 is 9.47 Å². The van der Waals surface area contributed by atoms with Crippen molar-refractivity contribution in [2.45, 2.75) is 12.3 Å². The molecular weight excluding hydrogens is 204 g/mol. The predicted molar refractivity (Wildman–Crippen MR) is 60.8 cm³/mol. The van der Waals surface area contributed by atoms with E-state index in [9.17, 15) is 0 Å². The van der Waals surface area contributed by atoms with Gasteiger partial charge in [-0.2, -0.15) is 0 Å². The quantitative estimate of drug-likeness (QED) is 0.839. The van der Waals surface area contributed by atoms with Gasteiger partial charge in [0.1, 0.15) is 11.6 Å². The van der Waals surface area contributed by atoms with Gasteiger partial charge in [-0.15, -0.1) is 0 Å². The Bertz CT molecular complexity index is 501. The number of nitrogens with one attached hydrogen (secondary N) is 1. The minimum absolute atomic E-state index is 0.415. The fraction of sp³-hybridized carbons (Fsp3) is 0.417. The van der Waals surface area contributed by atoms with Crippen molar-refractivity contribution in [3.05, 3.63) is 24.0 Å². The average Bonchev–Trinajstić information content (AvgIpc) is 2.96. The number of methoxy groups -OCH3 is 1. The van der Waals surface area contributed by atoms with Gasteiger partial charge < -0.3 is 14.5 Å². The molecule has 1 fully saturated rings. The van der Waals surface area contributed by atoms with Crippen molar-refractivity contribution in [2.75, 3.05) is 20.3 Å². The third-order valence-corrected chi connectivity index (χ3v) is 3.02. The highest BCUT2D eigenvalue weighted by Gasteiger charge is 2.20. The zero-order valence-corrected chi connectivity index (χ0v) is 9.19. The largest absolute Gasteiger partial charge is 0.497 e. The molecule has 4 nitrogen and oxygen atoms in total. The van der Waals surface area contributed by atoms with Crippen LogP contribution in [0.5, 0.6) is 5.75 Å². The van der Waals surface area contributed by atoms with Crippen molar-refractivity contribution in [1.29, 1.82) is 0 Å². The van der Waals surface area contributed by atoms with Crippen LogP contribution in [0, 0.1) is 0 Å². The Labute approximate surface area is 93.6 Å².